The number of rotatable bonds is 9. The van der Waals surface area contributed by atoms with Gasteiger partial charge in [-0.05, 0) is 18.9 Å². The molecule has 3 nitrogen and oxygen atoms in total. The average Bonchev–Trinajstić information content (AvgIpc) is 2.25. The molecule has 4 heteroatoms. The molecule has 0 bridgehead atoms. The van der Waals surface area contributed by atoms with Crippen LogP contribution in [0.15, 0.2) is 12.7 Å². The molecule has 0 aliphatic rings. The number of esters is 1. The van der Waals surface area contributed by atoms with Crippen LogP contribution in [0.5, 0.6) is 0 Å². The Hall–Kier alpha value is -0.613. The smallest absolute Gasteiger partial charge is 0.330 e. The van der Waals surface area contributed by atoms with Gasteiger partial charge in [0, 0.05) is 12.7 Å². The Kier molecular flexibility index (Phi) is 9.52. The molecule has 0 amide bonds. The molecule has 0 aromatic carbocycles. The van der Waals surface area contributed by atoms with Gasteiger partial charge in [0.15, 0.2) is 9.76 Å². The summed E-state index contributed by atoms with van der Waals surface area (Å²) in [4.78, 5) is 10.8. The molecule has 0 radical (unpaired) electrons. The lowest BCUT2D eigenvalue weighted by molar-refractivity contribution is -0.137. The van der Waals surface area contributed by atoms with Crippen LogP contribution in [-0.2, 0) is 14.0 Å². The van der Waals surface area contributed by atoms with Gasteiger partial charge in [-0.15, -0.1) is 0 Å². The van der Waals surface area contributed by atoms with Gasteiger partial charge < -0.3 is 9.16 Å². The van der Waals surface area contributed by atoms with E-state index in [4.69, 9.17) is 9.16 Å². The Balaban J connectivity index is 3.64. The Morgan fingerprint density at radius 3 is 2.73 bits per heavy atom. The van der Waals surface area contributed by atoms with Crippen LogP contribution >= 0.6 is 0 Å². The molecule has 1 unspecified atom stereocenters. The van der Waals surface area contributed by atoms with Gasteiger partial charge >= 0.3 is 5.97 Å². The molecule has 0 saturated carbocycles. The molecule has 15 heavy (non-hydrogen) atoms. The van der Waals surface area contributed by atoms with E-state index in [0.717, 1.165) is 13.0 Å². The third kappa shape index (κ3) is 8.39. The molecule has 88 valence electrons. The summed E-state index contributed by atoms with van der Waals surface area (Å²) in [5.41, 5.74) is 0.632. The highest BCUT2D eigenvalue weighted by Gasteiger charge is 2.09. The predicted octanol–water partition coefficient (Wildman–Crippen LogP) is 1.81. The van der Waals surface area contributed by atoms with Crippen molar-refractivity contribution in [1.29, 1.82) is 0 Å². The zero-order chi connectivity index (χ0) is 11.5. The summed E-state index contributed by atoms with van der Waals surface area (Å²) in [5.74, 6) is -0.330. The van der Waals surface area contributed by atoms with Crippen molar-refractivity contribution in [3.63, 3.8) is 0 Å². The fraction of sp³-hybridized carbons (Fsp3) is 0.727. The van der Waals surface area contributed by atoms with Gasteiger partial charge in [0.05, 0.1) is 6.61 Å². The summed E-state index contributed by atoms with van der Waals surface area (Å²) in [5, 5.41) is 0. The highest BCUT2D eigenvalue weighted by molar-refractivity contribution is 6.29. The monoisotopic (exact) mass is 230 g/mol. The quantitative estimate of drug-likeness (QED) is 0.344. The van der Waals surface area contributed by atoms with Crippen LogP contribution < -0.4 is 0 Å². The maximum Gasteiger partial charge on any atom is 0.330 e. The first-order valence-electron chi connectivity index (χ1n) is 5.61. The molecular weight excluding hydrogens is 208 g/mol. The van der Waals surface area contributed by atoms with E-state index in [1.54, 1.807) is 0 Å². The summed E-state index contributed by atoms with van der Waals surface area (Å²) in [6, 6.07) is 0. The van der Waals surface area contributed by atoms with E-state index in [1.165, 1.54) is 18.9 Å². The fourth-order valence-electron chi connectivity index (χ4n) is 1.39. The molecule has 0 N–H and O–H groups in total. The summed E-state index contributed by atoms with van der Waals surface area (Å²) in [6.45, 7) is 8.85. The molecule has 0 rings (SSSR count). The number of ether oxygens (including phenoxy) is 1. The van der Waals surface area contributed by atoms with Crippen molar-refractivity contribution in [2.75, 3.05) is 13.2 Å². The Labute approximate surface area is 94.8 Å². The van der Waals surface area contributed by atoms with E-state index < -0.39 is 9.76 Å². The fourth-order valence-corrected chi connectivity index (χ4v) is 2.87. The van der Waals surface area contributed by atoms with Gasteiger partial charge in [0.25, 0.3) is 0 Å². The normalized spacial score (nSPS) is 12.9. The van der Waals surface area contributed by atoms with Crippen LogP contribution in [0.2, 0.25) is 5.54 Å². The minimum absolute atomic E-state index is 0.330. The van der Waals surface area contributed by atoms with Crippen LogP contribution in [0, 0.1) is 0 Å². The van der Waals surface area contributed by atoms with Crippen molar-refractivity contribution < 1.29 is 14.0 Å². The highest BCUT2D eigenvalue weighted by atomic mass is 28.2. The first kappa shape index (κ1) is 14.4. The lowest BCUT2D eigenvalue weighted by Gasteiger charge is -2.14. The van der Waals surface area contributed by atoms with Gasteiger partial charge in [0.2, 0.25) is 0 Å². The SMILES string of the molecule is C=CC(=O)OCCC(CCC)[SiH2]OCC. The van der Waals surface area contributed by atoms with Crippen molar-refractivity contribution in [3.8, 4) is 0 Å². The van der Waals surface area contributed by atoms with Crippen molar-refractivity contribution in [2.45, 2.75) is 38.7 Å². The molecule has 0 aliphatic carbocycles. The van der Waals surface area contributed by atoms with E-state index in [9.17, 15) is 4.79 Å². The largest absolute Gasteiger partial charge is 0.463 e. The van der Waals surface area contributed by atoms with Gasteiger partial charge in [-0.3, -0.25) is 0 Å². The second-order valence-electron chi connectivity index (χ2n) is 3.47. The summed E-state index contributed by atoms with van der Waals surface area (Å²) < 4.78 is 10.5. The van der Waals surface area contributed by atoms with E-state index in [1.807, 2.05) is 6.92 Å². The Morgan fingerprint density at radius 2 is 2.20 bits per heavy atom. The Morgan fingerprint density at radius 1 is 1.47 bits per heavy atom. The van der Waals surface area contributed by atoms with Crippen LogP contribution in [0.1, 0.15) is 33.1 Å². The van der Waals surface area contributed by atoms with E-state index in [2.05, 4.69) is 13.5 Å². The Bertz CT molecular complexity index is 183. The summed E-state index contributed by atoms with van der Waals surface area (Å²) in [7, 11) is -0.454. The third-order valence-corrected chi connectivity index (χ3v) is 4.12. The van der Waals surface area contributed by atoms with Gasteiger partial charge in [-0.25, -0.2) is 4.79 Å². The lowest BCUT2D eigenvalue weighted by Crippen LogP contribution is -2.12. The summed E-state index contributed by atoms with van der Waals surface area (Å²) >= 11 is 0. The molecular formula is C11H22O3Si. The molecule has 0 saturated heterocycles. The molecule has 0 heterocycles. The maximum absolute atomic E-state index is 10.8. The van der Waals surface area contributed by atoms with Crippen molar-refractivity contribution in [1.82, 2.24) is 0 Å². The van der Waals surface area contributed by atoms with Gasteiger partial charge in [-0.2, -0.15) is 0 Å². The number of hydrogen-bond acceptors (Lipinski definition) is 3. The number of carbonyl (C=O) groups excluding carboxylic acids is 1. The third-order valence-electron chi connectivity index (χ3n) is 2.19. The van der Waals surface area contributed by atoms with Crippen LogP contribution in [0.3, 0.4) is 0 Å². The van der Waals surface area contributed by atoms with E-state index in [0.29, 0.717) is 12.1 Å². The maximum atomic E-state index is 10.8. The molecule has 0 fully saturated rings. The highest BCUT2D eigenvalue weighted by Crippen LogP contribution is 2.16. The van der Waals surface area contributed by atoms with Crippen molar-refractivity contribution in [3.05, 3.63) is 12.7 Å². The number of carbonyl (C=O) groups is 1. The number of hydrogen-bond donors (Lipinski definition) is 0. The summed E-state index contributed by atoms with van der Waals surface area (Å²) in [6.07, 6.45) is 4.48. The molecule has 0 aliphatic heterocycles. The first-order chi connectivity index (χ1) is 7.24. The average molecular weight is 230 g/mol. The second-order valence-corrected chi connectivity index (χ2v) is 5.37. The second kappa shape index (κ2) is 9.92. The van der Waals surface area contributed by atoms with Crippen molar-refractivity contribution >= 4 is 15.7 Å². The van der Waals surface area contributed by atoms with Crippen LogP contribution in [0.25, 0.3) is 0 Å². The van der Waals surface area contributed by atoms with E-state index in [-0.39, 0.29) is 5.97 Å². The zero-order valence-corrected chi connectivity index (χ0v) is 11.2. The van der Waals surface area contributed by atoms with E-state index >= 15 is 0 Å². The topological polar surface area (TPSA) is 35.5 Å². The first-order valence-corrected chi connectivity index (χ1v) is 7.00. The van der Waals surface area contributed by atoms with Crippen molar-refractivity contribution in [2.24, 2.45) is 0 Å². The zero-order valence-electron chi connectivity index (χ0n) is 9.83. The van der Waals surface area contributed by atoms with Gasteiger partial charge in [-0.1, -0.05) is 26.3 Å². The van der Waals surface area contributed by atoms with Crippen LogP contribution in [0.4, 0.5) is 0 Å². The minimum atomic E-state index is -0.454. The molecule has 1 atom stereocenters. The molecule has 0 spiro atoms. The minimum Gasteiger partial charge on any atom is -0.463 e. The predicted molar refractivity (Wildman–Crippen MR) is 64.6 cm³/mol. The van der Waals surface area contributed by atoms with Gasteiger partial charge in [0.1, 0.15) is 0 Å². The molecule has 0 aromatic heterocycles. The lowest BCUT2D eigenvalue weighted by atomic mass is 10.2. The standard InChI is InChI=1S/C11H22O3Si/c1-4-7-10(15-14-6-3)8-9-13-11(12)5-2/h5,10H,2,4,6-9,15H2,1,3H3. The molecule has 0 aromatic rings. The van der Waals surface area contributed by atoms with Crippen LogP contribution in [-0.4, -0.2) is 28.9 Å².